The molecule has 0 aromatic carbocycles. The maximum Gasteiger partial charge on any atom is 0.271 e. The van der Waals surface area contributed by atoms with E-state index in [1.54, 1.807) is 6.20 Å². The molecule has 0 saturated carbocycles. The highest BCUT2D eigenvalue weighted by Crippen LogP contribution is 2.13. The third kappa shape index (κ3) is 3.46. The molecule has 19 heavy (non-hydrogen) atoms. The maximum atomic E-state index is 11.9. The minimum Gasteiger partial charge on any atom is -0.356 e. The molecule has 1 aliphatic rings. The van der Waals surface area contributed by atoms with Gasteiger partial charge in [-0.2, -0.15) is 0 Å². The molecule has 104 valence electrons. The molecule has 2 heterocycles. The Morgan fingerprint density at radius 1 is 1.47 bits per heavy atom. The zero-order valence-electron chi connectivity index (χ0n) is 11.0. The first-order chi connectivity index (χ1) is 9.20. The van der Waals surface area contributed by atoms with E-state index < -0.39 is 0 Å². The van der Waals surface area contributed by atoms with Crippen LogP contribution < -0.4 is 16.0 Å². The Morgan fingerprint density at radius 3 is 3.05 bits per heavy atom. The van der Waals surface area contributed by atoms with E-state index in [1.807, 2.05) is 11.5 Å². The van der Waals surface area contributed by atoms with Crippen LogP contribution in [0.4, 0.5) is 5.95 Å². The van der Waals surface area contributed by atoms with Gasteiger partial charge in [-0.3, -0.25) is 9.59 Å². The fraction of sp³-hybridized carbons (Fsp3) is 0.583. The number of hydrogen-bond donors (Lipinski definition) is 3. The second-order valence-electron chi connectivity index (χ2n) is 4.38. The van der Waals surface area contributed by atoms with E-state index in [2.05, 4.69) is 20.9 Å². The number of aryl methyl sites for hydroxylation is 1. The van der Waals surface area contributed by atoms with Gasteiger partial charge in [0.2, 0.25) is 11.9 Å². The summed E-state index contributed by atoms with van der Waals surface area (Å²) >= 11 is 0. The van der Waals surface area contributed by atoms with E-state index in [-0.39, 0.29) is 18.2 Å². The maximum absolute atomic E-state index is 11.9. The van der Waals surface area contributed by atoms with Gasteiger partial charge < -0.3 is 20.5 Å². The number of amides is 2. The number of rotatable bonds is 5. The number of imidazole rings is 1. The minimum atomic E-state index is -0.243. The van der Waals surface area contributed by atoms with Gasteiger partial charge in [-0.05, 0) is 13.3 Å². The molecule has 0 fully saturated rings. The molecule has 0 spiro atoms. The van der Waals surface area contributed by atoms with E-state index in [4.69, 9.17) is 0 Å². The van der Waals surface area contributed by atoms with Crippen LogP contribution in [0, 0.1) is 0 Å². The molecule has 0 aliphatic carbocycles. The summed E-state index contributed by atoms with van der Waals surface area (Å²) in [5.74, 6) is 0.432. The Labute approximate surface area is 111 Å². The van der Waals surface area contributed by atoms with Crippen molar-refractivity contribution in [2.75, 3.05) is 25.0 Å². The Balaban J connectivity index is 1.83. The first-order valence-corrected chi connectivity index (χ1v) is 6.56. The van der Waals surface area contributed by atoms with Crippen molar-refractivity contribution in [2.24, 2.45) is 0 Å². The molecule has 1 aromatic rings. The molecule has 0 unspecified atom stereocenters. The smallest absolute Gasteiger partial charge is 0.271 e. The van der Waals surface area contributed by atoms with Crippen molar-refractivity contribution in [1.29, 1.82) is 0 Å². The average Bonchev–Trinajstić information content (AvgIpc) is 2.82. The van der Waals surface area contributed by atoms with E-state index in [9.17, 15) is 9.59 Å². The molecule has 7 nitrogen and oxygen atoms in total. The fourth-order valence-electron chi connectivity index (χ4n) is 1.95. The topological polar surface area (TPSA) is 88.1 Å². The molecule has 1 aromatic heterocycles. The van der Waals surface area contributed by atoms with Gasteiger partial charge in [0.25, 0.3) is 5.91 Å². The van der Waals surface area contributed by atoms with Crippen LogP contribution in [-0.4, -0.2) is 41.0 Å². The number of aromatic nitrogens is 2. The number of nitrogens with zero attached hydrogens (tertiary/aromatic N) is 2. The van der Waals surface area contributed by atoms with Crippen molar-refractivity contribution >= 4 is 17.8 Å². The second-order valence-corrected chi connectivity index (χ2v) is 4.38. The Bertz CT molecular complexity index is 445. The van der Waals surface area contributed by atoms with Crippen LogP contribution in [0.15, 0.2) is 6.20 Å². The lowest BCUT2D eigenvalue weighted by Crippen LogP contribution is -2.30. The summed E-state index contributed by atoms with van der Waals surface area (Å²) in [6.45, 7) is 4.54. The van der Waals surface area contributed by atoms with Gasteiger partial charge in [-0.15, -0.1) is 0 Å². The molecule has 2 rings (SSSR count). The third-order valence-corrected chi connectivity index (χ3v) is 2.88. The van der Waals surface area contributed by atoms with Crippen LogP contribution in [0.1, 0.15) is 30.3 Å². The zero-order chi connectivity index (χ0) is 13.7. The van der Waals surface area contributed by atoms with Gasteiger partial charge >= 0.3 is 0 Å². The Morgan fingerprint density at radius 2 is 2.32 bits per heavy atom. The fourth-order valence-corrected chi connectivity index (χ4v) is 1.95. The zero-order valence-corrected chi connectivity index (χ0v) is 11.0. The van der Waals surface area contributed by atoms with E-state index >= 15 is 0 Å². The van der Waals surface area contributed by atoms with Crippen LogP contribution in [-0.2, 0) is 11.3 Å². The second kappa shape index (κ2) is 6.21. The summed E-state index contributed by atoms with van der Waals surface area (Å²) in [6.07, 6.45) is 3.05. The van der Waals surface area contributed by atoms with Gasteiger partial charge in [-0.1, -0.05) is 0 Å². The predicted octanol–water partition coefficient (Wildman–Crippen LogP) is -0.0453. The Kier molecular flexibility index (Phi) is 4.38. The molecule has 0 radical (unpaired) electrons. The Hall–Kier alpha value is -2.05. The highest BCUT2D eigenvalue weighted by molar-refractivity contribution is 5.92. The van der Waals surface area contributed by atoms with Gasteiger partial charge in [0.15, 0.2) is 0 Å². The highest BCUT2D eigenvalue weighted by Gasteiger charge is 2.16. The van der Waals surface area contributed by atoms with E-state index in [0.29, 0.717) is 18.8 Å². The normalized spacial score (nSPS) is 13.3. The summed E-state index contributed by atoms with van der Waals surface area (Å²) in [6, 6.07) is 0. The summed E-state index contributed by atoms with van der Waals surface area (Å²) in [4.78, 5) is 27.3. The van der Waals surface area contributed by atoms with Gasteiger partial charge in [0.1, 0.15) is 5.69 Å². The lowest BCUT2D eigenvalue weighted by atomic mass is 10.3. The average molecular weight is 265 g/mol. The SMILES string of the molecule is CCNC(=O)CCNC(=O)c1cn2c(n1)NCCC2. The molecule has 3 N–H and O–H groups in total. The van der Waals surface area contributed by atoms with Crippen molar-refractivity contribution < 1.29 is 9.59 Å². The van der Waals surface area contributed by atoms with Crippen molar-refractivity contribution in [3.63, 3.8) is 0 Å². The van der Waals surface area contributed by atoms with Gasteiger partial charge in [0, 0.05) is 38.8 Å². The third-order valence-electron chi connectivity index (χ3n) is 2.88. The summed E-state index contributed by atoms with van der Waals surface area (Å²) < 4.78 is 1.93. The van der Waals surface area contributed by atoms with E-state index in [0.717, 1.165) is 25.5 Å². The number of anilines is 1. The lowest BCUT2D eigenvalue weighted by Gasteiger charge is -2.14. The van der Waals surface area contributed by atoms with Crippen LogP contribution >= 0.6 is 0 Å². The molecular weight excluding hydrogens is 246 g/mol. The van der Waals surface area contributed by atoms with Crippen LogP contribution in [0.2, 0.25) is 0 Å². The molecule has 0 atom stereocenters. The lowest BCUT2D eigenvalue weighted by molar-refractivity contribution is -0.120. The molecular formula is C12H19N5O2. The van der Waals surface area contributed by atoms with Gasteiger partial charge in [-0.25, -0.2) is 4.98 Å². The van der Waals surface area contributed by atoms with Crippen LogP contribution in [0.5, 0.6) is 0 Å². The highest BCUT2D eigenvalue weighted by atomic mass is 16.2. The molecule has 7 heteroatoms. The summed E-state index contributed by atoms with van der Waals surface area (Å²) in [7, 11) is 0. The standard InChI is InChI=1S/C12H19N5O2/c1-2-13-10(18)4-6-14-11(19)9-8-17-7-3-5-15-12(17)16-9/h8H,2-7H2,1H3,(H,13,18)(H,14,19)(H,15,16). The quantitative estimate of drug-likeness (QED) is 0.697. The first kappa shape index (κ1) is 13.4. The van der Waals surface area contributed by atoms with Crippen molar-refractivity contribution in [3.05, 3.63) is 11.9 Å². The van der Waals surface area contributed by atoms with Crippen LogP contribution in [0.25, 0.3) is 0 Å². The number of hydrogen-bond acceptors (Lipinski definition) is 4. The van der Waals surface area contributed by atoms with Crippen molar-refractivity contribution in [3.8, 4) is 0 Å². The minimum absolute atomic E-state index is 0.0615. The number of fused-ring (bicyclic) bond motifs is 1. The number of carbonyl (C=O) groups excluding carboxylic acids is 2. The van der Waals surface area contributed by atoms with Crippen molar-refractivity contribution in [1.82, 2.24) is 20.2 Å². The van der Waals surface area contributed by atoms with Gasteiger partial charge in [0.05, 0.1) is 0 Å². The molecule has 0 saturated heterocycles. The van der Waals surface area contributed by atoms with Crippen molar-refractivity contribution in [2.45, 2.75) is 26.3 Å². The number of carbonyl (C=O) groups is 2. The first-order valence-electron chi connectivity index (χ1n) is 6.56. The number of nitrogens with one attached hydrogen (secondary N) is 3. The van der Waals surface area contributed by atoms with Crippen LogP contribution in [0.3, 0.4) is 0 Å². The largest absolute Gasteiger partial charge is 0.356 e. The molecule has 0 bridgehead atoms. The summed E-state index contributed by atoms with van der Waals surface area (Å²) in [5.41, 5.74) is 0.389. The predicted molar refractivity (Wildman–Crippen MR) is 71.0 cm³/mol. The summed E-state index contributed by atoms with van der Waals surface area (Å²) in [5, 5.41) is 8.51. The van der Waals surface area contributed by atoms with E-state index in [1.165, 1.54) is 0 Å². The molecule has 2 amide bonds. The monoisotopic (exact) mass is 265 g/mol. The molecule has 1 aliphatic heterocycles.